The molecule has 1 amide bonds. The van der Waals surface area contributed by atoms with E-state index in [-0.39, 0.29) is 23.7 Å². The number of hydrogen-bond donors (Lipinski definition) is 2. The predicted octanol–water partition coefficient (Wildman–Crippen LogP) is 3.16. The number of hydrogen-bond acceptors (Lipinski definition) is 4. The van der Waals surface area contributed by atoms with E-state index in [9.17, 15) is 14.0 Å². The van der Waals surface area contributed by atoms with E-state index in [2.05, 4.69) is 10.6 Å². The van der Waals surface area contributed by atoms with Gasteiger partial charge in [-0.1, -0.05) is 12.1 Å². The summed E-state index contributed by atoms with van der Waals surface area (Å²) in [5, 5.41) is 14.5. The van der Waals surface area contributed by atoms with Crippen molar-refractivity contribution >= 4 is 17.4 Å². The van der Waals surface area contributed by atoms with Crippen LogP contribution < -0.4 is 10.6 Å². The van der Waals surface area contributed by atoms with E-state index in [4.69, 9.17) is 5.26 Å². The maximum absolute atomic E-state index is 13.1. The molecule has 0 bridgehead atoms. The molecule has 126 valence electrons. The monoisotopic (exact) mass is 337 g/mol. The number of amides is 1. The van der Waals surface area contributed by atoms with Crippen LogP contribution >= 0.6 is 0 Å². The molecule has 0 aromatic heterocycles. The standard InChI is InChI=1S/C19H16FN3O2/c1-13(24)15-5-7-18(8-6-15)23-19(25)16(10-21)12-22-11-14-3-2-4-17(20)9-14/h2-9,12,22H,11H2,1H3,(H,23,25)/b16-12-. The van der Waals surface area contributed by atoms with Crippen LogP contribution in [0.2, 0.25) is 0 Å². The zero-order valence-corrected chi connectivity index (χ0v) is 13.5. The van der Waals surface area contributed by atoms with Crippen molar-refractivity contribution in [1.29, 1.82) is 5.26 Å². The van der Waals surface area contributed by atoms with Crippen LogP contribution in [0.5, 0.6) is 0 Å². The Kier molecular flexibility index (Phi) is 6.02. The molecule has 0 aliphatic carbocycles. The molecule has 0 aliphatic heterocycles. The van der Waals surface area contributed by atoms with Crippen molar-refractivity contribution in [1.82, 2.24) is 5.32 Å². The Bertz CT molecular complexity index is 852. The van der Waals surface area contributed by atoms with Gasteiger partial charge in [-0.15, -0.1) is 0 Å². The molecule has 0 unspecified atom stereocenters. The highest BCUT2D eigenvalue weighted by Gasteiger charge is 2.09. The second kappa shape index (κ2) is 8.41. The van der Waals surface area contributed by atoms with Crippen LogP contribution in [0.25, 0.3) is 0 Å². The fourth-order valence-corrected chi connectivity index (χ4v) is 2.05. The number of ketones is 1. The van der Waals surface area contributed by atoms with Gasteiger partial charge in [0.15, 0.2) is 5.78 Å². The third kappa shape index (κ3) is 5.29. The summed E-state index contributed by atoms with van der Waals surface area (Å²) < 4.78 is 13.1. The van der Waals surface area contributed by atoms with Crippen molar-refractivity contribution in [3.63, 3.8) is 0 Å². The number of carbonyl (C=O) groups excluding carboxylic acids is 2. The number of rotatable bonds is 6. The number of nitrogens with one attached hydrogen (secondary N) is 2. The van der Waals surface area contributed by atoms with Crippen molar-refractivity contribution in [3.8, 4) is 6.07 Å². The molecule has 0 saturated carbocycles. The van der Waals surface area contributed by atoms with Gasteiger partial charge in [0, 0.05) is 24.0 Å². The lowest BCUT2D eigenvalue weighted by atomic mass is 10.1. The minimum Gasteiger partial charge on any atom is -0.386 e. The Morgan fingerprint density at radius 2 is 1.92 bits per heavy atom. The summed E-state index contributed by atoms with van der Waals surface area (Å²) in [5.41, 5.74) is 1.58. The molecule has 0 fully saturated rings. The van der Waals surface area contributed by atoms with Crippen molar-refractivity contribution in [2.45, 2.75) is 13.5 Å². The fraction of sp³-hybridized carbons (Fsp3) is 0.105. The molecule has 0 radical (unpaired) electrons. The average molecular weight is 337 g/mol. The summed E-state index contributed by atoms with van der Waals surface area (Å²) >= 11 is 0. The van der Waals surface area contributed by atoms with Crippen molar-refractivity contribution in [2.75, 3.05) is 5.32 Å². The van der Waals surface area contributed by atoms with Crippen LogP contribution in [0.3, 0.4) is 0 Å². The first-order valence-corrected chi connectivity index (χ1v) is 7.50. The summed E-state index contributed by atoms with van der Waals surface area (Å²) in [5.74, 6) is -1.00. The molecule has 6 heteroatoms. The molecule has 0 heterocycles. The Labute approximate surface area is 144 Å². The summed E-state index contributed by atoms with van der Waals surface area (Å²) in [6.45, 7) is 1.73. The zero-order chi connectivity index (χ0) is 18.2. The van der Waals surface area contributed by atoms with Gasteiger partial charge in [0.2, 0.25) is 0 Å². The number of Topliss-reactive ketones (excluding diaryl/α,β-unsaturated/α-hetero) is 1. The molecule has 0 saturated heterocycles. The maximum Gasteiger partial charge on any atom is 0.267 e. The Morgan fingerprint density at radius 3 is 2.52 bits per heavy atom. The molecule has 2 aromatic carbocycles. The van der Waals surface area contributed by atoms with E-state index in [0.717, 1.165) is 0 Å². The lowest BCUT2D eigenvalue weighted by Crippen LogP contribution is -2.16. The van der Waals surface area contributed by atoms with E-state index < -0.39 is 5.91 Å². The topological polar surface area (TPSA) is 82.0 Å². The summed E-state index contributed by atoms with van der Waals surface area (Å²) in [6, 6.07) is 14.2. The molecule has 2 N–H and O–H groups in total. The highest BCUT2D eigenvalue weighted by molar-refractivity contribution is 6.06. The van der Waals surface area contributed by atoms with E-state index in [1.807, 2.05) is 6.07 Å². The quantitative estimate of drug-likeness (QED) is 0.482. The second-order valence-electron chi connectivity index (χ2n) is 5.27. The van der Waals surface area contributed by atoms with Crippen LogP contribution in [0.1, 0.15) is 22.8 Å². The van der Waals surface area contributed by atoms with Gasteiger partial charge in [-0.2, -0.15) is 5.26 Å². The first-order chi connectivity index (χ1) is 12.0. The van der Waals surface area contributed by atoms with Crippen LogP contribution in [0, 0.1) is 17.1 Å². The van der Waals surface area contributed by atoms with Crippen LogP contribution in [-0.4, -0.2) is 11.7 Å². The Balaban J connectivity index is 1.97. The van der Waals surface area contributed by atoms with Crippen LogP contribution in [0.4, 0.5) is 10.1 Å². The number of nitrogens with zero attached hydrogens (tertiary/aromatic N) is 1. The van der Waals surface area contributed by atoms with Gasteiger partial charge in [0.1, 0.15) is 17.5 Å². The van der Waals surface area contributed by atoms with E-state index >= 15 is 0 Å². The molecule has 0 atom stereocenters. The van der Waals surface area contributed by atoms with Crippen LogP contribution in [-0.2, 0) is 11.3 Å². The molecule has 2 aromatic rings. The Morgan fingerprint density at radius 1 is 1.20 bits per heavy atom. The largest absolute Gasteiger partial charge is 0.386 e. The minimum absolute atomic E-state index is 0.0722. The van der Waals surface area contributed by atoms with Crippen molar-refractivity contribution in [3.05, 3.63) is 77.2 Å². The minimum atomic E-state index is -0.579. The first kappa shape index (κ1) is 17.9. The summed E-state index contributed by atoms with van der Waals surface area (Å²) in [4.78, 5) is 23.3. The number of benzene rings is 2. The van der Waals surface area contributed by atoms with E-state index in [0.29, 0.717) is 16.8 Å². The van der Waals surface area contributed by atoms with Gasteiger partial charge in [0.25, 0.3) is 5.91 Å². The SMILES string of the molecule is CC(=O)c1ccc(NC(=O)/C(C#N)=C\NCc2cccc(F)c2)cc1. The third-order valence-electron chi connectivity index (χ3n) is 3.36. The van der Waals surface area contributed by atoms with Gasteiger partial charge in [-0.3, -0.25) is 9.59 Å². The number of carbonyl (C=O) groups is 2. The van der Waals surface area contributed by atoms with Crippen molar-refractivity contribution in [2.24, 2.45) is 0 Å². The van der Waals surface area contributed by atoms with E-state index in [1.165, 1.54) is 25.3 Å². The molecule has 0 aliphatic rings. The maximum atomic E-state index is 13.1. The third-order valence-corrected chi connectivity index (χ3v) is 3.36. The molecule has 0 spiro atoms. The zero-order valence-electron chi connectivity index (χ0n) is 13.5. The average Bonchev–Trinajstić information content (AvgIpc) is 2.59. The van der Waals surface area contributed by atoms with Gasteiger partial charge in [0.05, 0.1) is 0 Å². The van der Waals surface area contributed by atoms with Gasteiger partial charge < -0.3 is 10.6 Å². The second-order valence-corrected chi connectivity index (χ2v) is 5.27. The number of anilines is 1. The molecular formula is C19H16FN3O2. The van der Waals surface area contributed by atoms with Gasteiger partial charge in [-0.25, -0.2) is 4.39 Å². The predicted molar refractivity (Wildman–Crippen MR) is 92.0 cm³/mol. The fourth-order valence-electron chi connectivity index (χ4n) is 2.05. The van der Waals surface area contributed by atoms with Crippen molar-refractivity contribution < 1.29 is 14.0 Å². The first-order valence-electron chi connectivity index (χ1n) is 7.50. The molecule has 2 rings (SSSR count). The van der Waals surface area contributed by atoms with Crippen LogP contribution in [0.15, 0.2) is 60.3 Å². The summed E-state index contributed by atoms with van der Waals surface area (Å²) in [7, 11) is 0. The Hall–Kier alpha value is -3.46. The number of halogens is 1. The van der Waals surface area contributed by atoms with E-state index in [1.54, 1.807) is 36.4 Å². The van der Waals surface area contributed by atoms with Gasteiger partial charge >= 0.3 is 0 Å². The lowest BCUT2D eigenvalue weighted by Gasteiger charge is -2.06. The molecular weight excluding hydrogens is 321 g/mol. The summed E-state index contributed by atoms with van der Waals surface area (Å²) in [6.07, 6.45) is 1.28. The molecule has 5 nitrogen and oxygen atoms in total. The normalized spacial score (nSPS) is 10.7. The number of nitriles is 1. The van der Waals surface area contributed by atoms with Gasteiger partial charge in [-0.05, 0) is 48.9 Å². The smallest absolute Gasteiger partial charge is 0.267 e. The highest BCUT2D eigenvalue weighted by atomic mass is 19.1. The highest BCUT2D eigenvalue weighted by Crippen LogP contribution is 2.11. The molecule has 25 heavy (non-hydrogen) atoms. The lowest BCUT2D eigenvalue weighted by molar-refractivity contribution is -0.112.